The lowest BCUT2D eigenvalue weighted by atomic mass is 9.34. The molecule has 4 N–H and O–H groups in total. The first kappa shape index (κ1) is 58.4. The average Bonchev–Trinajstić information content (AvgIpc) is 2.28. The van der Waals surface area contributed by atoms with E-state index in [4.69, 9.17) is 0 Å². The van der Waals surface area contributed by atoms with E-state index >= 15 is 0 Å². The number of aliphatic carboxylic acids is 1. The maximum Gasteiger partial charge on any atom is 0.309 e. The van der Waals surface area contributed by atoms with Gasteiger partial charge in [0.2, 0.25) is 17.5 Å². The van der Waals surface area contributed by atoms with E-state index in [0.717, 1.165) is 132 Å². The van der Waals surface area contributed by atoms with Gasteiger partial charge in [0.25, 0.3) is 0 Å². The highest BCUT2D eigenvalue weighted by Gasteiger charge is 2.69. The van der Waals surface area contributed by atoms with E-state index < -0.39 is 11.4 Å². The molecule has 12 aliphatic rings. The zero-order valence-corrected chi connectivity index (χ0v) is 49.5. The van der Waals surface area contributed by atoms with Gasteiger partial charge in [0.15, 0.2) is 11.5 Å². The van der Waals surface area contributed by atoms with Crippen LogP contribution in [0.4, 0.5) is 0 Å². The van der Waals surface area contributed by atoms with E-state index in [9.17, 15) is 34.5 Å². The number of hydrogen-bond acceptors (Lipinski definition) is 7. The number of carbonyl (C=O) groups is 4. The SMILES string of the molecule is C.C1CCNCC1.CC1=C(O)C(=O)C=C2C1=CC=C1[C@@]2(C)CC[C@@]2(C)[C@@H]3C[C@](C)(C(=O)N4CCCCC4)CC[C@]3(C)CC[C@]12C.CC1=C(O)C(=O)C=C2C1=CC=C1[C@@]2(C)CC[C@@]2(C)[C@@H]3C[C@](C)(C(=O)O)CC[C@]3(C)CC[C@]12C. The van der Waals surface area contributed by atoms with Crippen LogP contribution >= 0.6 is 0 Å². The summed E-state index contributed by atoms with van der Waals surface area (Å²) in [6, 6.07) is 0. The standard InChI is InChI=1S/C34H47NO3.C29H38O4.C5H11N.CH4/c1-22-23-10-11-26-32(4,24(23)20-25(36)28(22)37)15-17-34(6)27-21-31(3,29(38)35-18-8-7-9-19-35)13-12-30(27,2)14-16-33(26,34)5;1-17-18-7-8-21-27(4,19(18)15-20(30)23(17)31)12-14-29(6)22-16-26(3,24(32)33)10-9-25(22,2)11-13-28(21,29)5;1-2-4-6-5-3-1;/h10-11,20,27,37H,7-9,12-19,21H2,1-6H3;7-8,15,22,31H,9-14,16H2,1-6H3,(H,32,33);6H,1-5H2;1H4/t27-,30-,31-,32+,33-,34+;22-,25-,26-,27+,28-,29+;;/m11../s1. The molecule has 8 fully saturated rings. The van der Waals surface area contributed by atoms with Crippen molar-refractivity contribution in [3.63, 3.8) is 0 Å². The Kier molecular flexibility index (Phi) is 14.8. The van der Waals surface area contributed by atoms with Crippen LogP contribution in [-0.2, 0) is 19.2 Å². The lowest BCUT2D eigenvalue weighted by Gasteiger charge is -2.70. The number of nitrogens with zero attached hydrogens (tertiary/aromatic N) is 1. The number of aliphatic hydroxyl groups excluding tert-OH is 2. The van der Waals surface area contributed by atoms with E-state index in [1.807, 2.05) is 20.8 Å². The summed E-state index contributed by atoms with van der Waals surface area (Å²) in [6.07, 6.45) is 34.3. The Bertz CT molecular complexity index is 2800. The predicted molar refractivity (Wildman–Crippen MR) is 313 cm³/mol. The molecule has 2 saturated heterocycles. The Morgan fingerprint density at radius 1 is 0.526 bits per heavy atom. The number of carboxylic acids is 1. The molecule has 1 amide bonds. The van der Waals surface area contributed by atoms with Gasteiger partial charge in [0.1, 0.15) is 0 Å². The van der Waals surface area contributed by atoms with Crippen molar-refractivity contribution in [3.05, 3.63) is 92.6 Å². The van der Waals surface area contributed by atoms with E-state index in [1.165, 1.54) is 56.3 Å². The van der Waals surface area contributed by atoms with Gasteiger partial charge in [-0.2, -0.15) is 0 Å². The minimum atomic E-state index is -0.655. The Balaban J connectivity index is 0.000000170. The number of piperidine rings is 2. The second-order valence-electron chi connectivity index (χ2n) is 29.7. The van der Waals surface area contributed by atoms with Crippen LogP contribution in [0.15, 0.2) is 92.6 Å². The molecule has 12 rings (SSSR count). The van der Waals surface area contributed by atoms with Crippen LogP contribution in [0.25, 0.3) is 0 Å². The maximum absolute atomic E-state index is 14.0. The van der Waals surface area contributed by atoms with Gasteiger partial charge >= 0.3 is 5.97 Å². The molecule has 12 atom stereocenters. The molecule has 9 nitrogen and oxygen atoms in total. The number of amides is 1. The van der Waals surface area contributed by atoms with Crippen molar-refractivity contribution in [2.75, 3.05) is 26.2 Å². The largest absolute Gasteiger partial charge is 0.504 e. The van der Waals surface area contributed by atoms with Crippen molar-refractivity contribution in [2.45, 2.75) is 219 Å². The molecule has 428 valence electrons. The Morgan fingerprint density at radius 3 is 1.32 bits per heavy atom. The molecule has 0 spiro atoms. The number of ketones is 2. The lowest BCUT2D eigenvalue weighted by Crippen LogP contribution is -2.62. The quantitative estimate of drug-likeness (QED) is 0.214. The Morgan fingerprint density at radius 2 is 0.923 bits per heavy atom. The van der Waals surface area contributed by atoms with Crippen molar-refractivity contribution >= 4 is 23.4 Å². The minimum absolute atomic E-state index is 0. The van der Waals surface area contributed by atoms with Crippen LogP contribution < -0.4 is 5.32 Å². The molecule has 2 heterocycles. The fraction of sp³-hybridized carbons (Fsp3) is 0.710. The molecule has 0 aromatic carbocycles. The number of hydrogen-bond donors (Lipinski definition) is 4. The van der Waals surface area contributed by atoms with Crippen LogP contribution in [0.1, 0.15) is 219 Å². The molecule has 0 bridgehead atoms. The highest BCUT2D eigenvalue weighted by Crippen LogP contribution is 2.77. The molecule has 0 aromatic heterocycles. The fourth-order valence-corrected chi connectivity index (χ4v) is 19.6. The number of aliphatic hydroxyl groups is 2. The smallest absolute Gasteiger partial charge is 0.309 e. The molecule has 10 aliphatic carbocycles. The summed E-state index contributed by atoms with van der Waals surface area (Å²) in [5, 5.41) is 34.0. The van der Waals surface area contributed by atoms with Crippen LogP contribution in [0.3, 0.4) is 0 Å². The molecule has 9 heteroatoms. The van der Waals surface area contributed by atoms with E-state index in [1.54, 1.807) is 12.2 Å². The molecule has 0 radical (unpaired) electrons. The van der Waals surface area contributed by atoms with Crippen molar-refractivity contribution in [1.82, 2.24) is 10.2 Å². The number of rotatable bonds is 2. The minimum Gasteiger partial charge on any atom is -0.504 e. The molecule has 2 aliphatic heterocycles. The zero-order chi connectivity index (χ0) is 55.7. The molecule has 0 unspecified atom stereocenters. The summed E-state index contributed by atoms with van der Waals surface area (Å²) < 4.78 is 0. The summed E-state index contributed by atoms with van der Waals surface area (Å²) in [4.78, 5) is 53.7. The predicted octanol–water partition coefficient (Wildman–Crippen LogP) is 15.7. The number of allylic oxidation sites excluding steroid dienone is 14. The second-order valence-corrected chi connectivity index (χ2v) is 29.7. The van der Waals surface area contributed by atoms with Crippen molar-refractivity contribution in [2.24, 2.45) is 66.0 Å². The highest BCUT2D eigenvalue weighted by atomic mass is 16.4. The summed E-state index contributed by atoms with van der Waals surface area (Å²) in [6.45, 7) is 31.7. The van der Waals surface area contributed by atoms with E-state index in [0.29, 0.717) is 28.9 Å². The van der Waals surface area contributed by atoms with Crippen molar-refractivity contribution in [3.8, 4) is 0 Å². The molecule has 6 saturated carbocycles. The number of nitrogens with one attached hydrogen (secondary N) is 1. The van der Waals surface area contributed by atoms with Gasteiger partial charge in [0.05, 0.1) is 5.41 Å². The van der Waals surface area contributed by atoms with Crippen LogP contribution in [-0.4, -0.2) is 69.8 Å². The normalized spacial score (nSPS) is 43.4. The molecule has 0 aromatic rings. The first-order valence-corrected chi connectivity index (χ1v) is 30.4. The summed E-state index contributed by atoms with van der Waals surface area (Å²) in [7, 11) is 0. The van der Waals surface area contributed by atoms with Gasteiger partial charge < -0.3 is 25.5 Å². The van der Waals surface area contributed by atoms with E-state index in [2.05, 4.69) is 96.8 Å². The monoisotopic (exact) mass is 1070 g/mol. The summed E-state index contributed by atoms with van der Waals surface area (Å²) >= 11 is 0. The summed E-state index contributed by atoms with van der Waals surface area (Å²) in [5.74, 6) is -0.201. The number of fused-ring (bicyclic) bond motifs is 14. The molecular weight excluding hydrogens is 969 g/mol. The van der Waals surface area contributed by atoms with Crippen LogP contribution in [0.2, 0.25) is 0 Å². The van der Waals surface area contributed by atoms with Gasteiger partial charge in [-0.25, -0.2) is 0 Å². The Labute approximate surface area is 469 Å². The fourth-order valence-electron chi connectivity index (χ4n) is 19.6. The van der Waals surface area contributed by atoms with Crippen molar-refractivity contribution in [1.29, 1.82) is 0 Å². The van der Waals surface area contributed by atoms with Crippen molar-refractivity contribution < 1.29 is 34.5 Å². The van der Waals surface area contributed by atoms with Gasteiger partial charge in [-0.3, -0.25) is 19.2 Å². The number of likely N-dealkylation sites (tertiary alicyclic amines) is 1. The van der Waals surface area contributed by atoms with Gasteiger partial charge in [-0.1, -0.05) is 112 Å². The summed E-state index contributed by atoms with van der Waals surface area (Å²) in [5.41, 5.74) is 7.51. The topological polar surface area (TPSA) is 144 Å². The molecule has 78 heavy (non-hydrogen) atoms. The average molecular weight is 1070 g/mol. The first-order valence-electron chi connectivity index (χ1n) is 30.4. The van der Waals surface area contributed by atoms with Gasteiger partial charge in [-0.15, -0.1) is 0 Å². The zero-order valence-electron chi connectivity index (χ0n) is 49.5. The number of carbonyl (C=O) groups excluding carboxylic acids is 3. The third-order valence-electron chi connectivity index (χ3n) is 25.6. The van der Waals surface area contributed by atoms with Gasteiger partial charge in [0, 0.05) is 40.5 Å². The lowest BCUT2D eigenvalue weighted by molar-refractivity contribution is -0.178. The highest BCUT2D eigenvalue weighted by molar-refractivity contribution is 6.07. The third-order valence-corrected chi connectivity index (χ3v) is 25.6. The number of carboxylic acid groups (broad SMARTS) is 1. The second kappa shape index (κ2) is 19.7. The Hall–Kier alpha value is -4.24. The van der Waals surface area contributed by atoms with Crippen LogP contribution in [0.5, 0.6) is 0 Å². The van der Waals surface area contributed by atoms with Crippen LogP contribution in [0, 0.1) is 66.0 Å². The first-order chi connectivity index (χ1) is 36.0. The third kappa shape index (κ3) is 8.49. The van der Waals surface area contributed by atoms with E-state index in [-0.39, 0.29) is 79.2 Å². The van der Waals surface area contributed by atoms with Gasteiger partial charge in [-0.05, 0) is 235 Å². The maximum atomic E-state index is 14.0. The molecular formula is C69H100N2O7.